The Morgan fingerprint density at radius 1 is 1.10 bits per heavy atom. The van der Waals surface area contributed by atoms with Gasteiger partial charge in [0.05, 0.1) is 19.2 Å². The van der Waals surface area contributed by atoms with Crippen LogP contribution in [-0.4, -0.2) is 29.7 Å². The molecule has 0 aliphatic carbocycles. The number of oxazole rings is 1. The molecule has 0 radical (unpaired) electrons. The van der Waals surface area contributed by atoms with Crippen LogP contribution in [0.4, 0.5) is 9.18 Å². The molecule has 0 spiro atoms. The first-order chi connectivity index (χ1) is 14.5. The molecule has 1 aromatic heterocycles. The maximum Gasteiger partial charge on any atom is 0.408 e. The zero-order chi connectivity index (χ0) is 21.3. The summed E-state index contributed by atoms with van der Waals surface area (Å²) in [7, 11) is 0. The summed E-state index contributed by atoms with van der Waals surface area (Å²) in [4.78, 5) is 28.6. The van der Waals surface area contributed by atoms with Gasteiger partial charge < -0.3 is 19.2 Å². The highest BCUT2D eigenvalue weighted by molar-refractivity contribution is 5.81. The van der Waals surface area contributed by atoms with Crippen molar-refractivity contribution in [3.63, 3.8) is 0 Å². The van der Waals surface area contributed by atoms with E-state index in [2.05, 4.69) is 10.3 Å². The van der Waals surface area contributed by atoms with E-state index >= 15 is 0 Å². The highest BCUT2D eigenvalue weighted by Gasteiger charge is 2.25. The van der Waals surface area contributed by atoms with Gasteiger partial charge in [0.2, 0.25) is 0 Å². The van der Waals surface area contributed by atoms with Crippen molar-refractivity contribution in [1.82, 2.24) is 10.3 Å². The molecule has 0 unspecified atom stereocenters. The number of alkyl carbamates (subject to hydrolysis) is 1. The van der Waals surface area contributed by atoms with Gasteiger partial charge in [-0.25, -0.2) is 19.0 Å². The van der Waals surface area contributed by atoms with Crippen molar-refractivity contribution in [2.45, 2.75) is 26.0 Å². The minimum atomic E-state index is -1.03. The van der Waals surface area contributed by atoms with Crippen molar-refractivity contribution in [3.05, 3.63) is 78.1 Å². The second-order valence-electron chi connectivity index (χ2n) is 6.34. The molecule has 0 aliphatic heterocycles. The third kappa shape index (κ3) is 5.91. The van der Waals surface area contributed by atoms with Gasteiger partial charge in [-0.3, -0.25) is 0 Å². The summed E-state index contributed by atoms with van der Waals surface area (Å²) in [6.45, 7) is 1.89. The third-order valence-corrected chi connectivity index (χ3v) is 4.14. The Balaban J connectivity index is 1.64. The van der Waals surface area contributed by atoms with Crippen LogP contribution in [0.1, 0.15) is 18.4 Å². The van der Waals surface area contributed by atoms with Crippen LogP contribution in [0.3, 0.4) is 0 Å². The SMILES string of the molecule is CCOC(=O)[C@H](Cc1ncc(-c2ccc(F)cc2)o1)NC(=O)OCc1ccccc1. The van der Waals surface area contributed by atoms with E-state index in [0.717, 1.165) is 5.56 Å². The van der Waals surface area contributed by atoms with Crippen molar-refractivity contribution >= 4 is 12.1 Å². The number of halogens is 1. The number of hydrogen-bond donors (Lipinski definition) is 1. The second kappa shape index (κ2) is 10.2. The molecule has 1 atom stereocenters. The van der Waals surface area contributed by atoms with Crippen LogP contribution in [-0.2, 0) is 27.3 Å². The van der Waals surface area contributed by atoms with Crippen LogP contribution in [0.5, 0.6) is 0 Å². The van der Waals surface area contributed by atoms with Crippen molar-refractivity contribution in [2.75, 3.05) is 6.61 Å². The molecule has 1 heterocycles. The van der Waals surface area contributed by atoms with E-state index in [1.807, 2.05) is 30.3 Å². The first-order valence-electron chi connectivity index (χ1n) is 9.39. The summed E-state index contributed by atoms with van der Waals surface area (Å²) in [5.41, 5.74) is 1.45. The van der Waals surface area contributed by atoms with Crippen molar-refractivity contribution < 1.29 is 27.9 Å². The van der Waals surface area contributed by atoms with Crippen LogP contribution >= 0.6 is 0 Å². The van der Waals surface area contributed by atoms with Gasteiger partial charge in [0.1, 0.15) is 18.5 Å². The fraction of sp³-hybridized carbons (Fsp3) is 0.227. The molecule has 1 N–H and O–H groups in total. The van der Waals surface area contributed by atoms with Gasteiger partial charge in [-0.15, -0.1) is 0 Å². The summed E-state index contributed by atoms with van der Waals surface area (Å²) in [5, 5.41) is 2.49. The molecule has 0 bridgehead atoms. The summed E-state index contributed by atoms with van der Waals surface area (Å²) in [5.74, 6) is -0.357. The smallest absolute Gasteiger partial charge is 0.408 e. The highest BCUT2D eigenvalue weighted by atomic mass is 19.1. The molecule has 30 heavy (non-hydrogen) atoms. The zero-order valence-corrected chi connectivity index (χ0v) is 16.3. The minimum absolute atomic E-state index is 0.0273. The van der Waals surface area contributed by atoms with Gasteiger partial charge in [-0.2, -0.15) is 0 Å². The standard InChI is InChI=1S/C22H21FN2O5/c1-2-28-21(26)18(25-22(27)29-14-15-6-4-3-5-7-15)12-20-24-13-19(30-20)16-8-10-17(23)11-9-16/h3-11,13,18H,2,12,14H2,1H3,(H,25,27)/t18-/m0/s1. The fourth-order valence-electron chi connectivity index (χ4n) is 2.67. The number of ether oxygens (including phenoxy) is 2. The Hall–Kier alpha value is -3.68. The van der Waals surface area contributed by atoms with Gasteiger partial charge in [-0.1, -0.05) is 30.3 Å². The van der Waals surface area contributed by atoms with E-state index in [0.29, 0.717) is 11.3 Å². The molecule has 0 saturated heterocycles. The van der Waals surface area contributed by atoms with E-state index in [1.165, 1.54) is 18.3 Å². The fourth-order valence-corrected chi connectivity index (χ4v) is 2.67. The Morgan fingerprint density at radius 3 is 2.53 bits per heavy atom. The van der Waals surface area contributed by atoms with E-state index in [4.69, 9.17) is 13.9 Å². The van der Waals surface area contributed by atoms with Crippen LogP contribution in [0, 0.1) is 5.82 Å². The van der Waals surface area contributed by atoms with Crippen LogP contribution in [0.15, 0.2) is 65.2 Å². The summed E-state index contributed by atoms with van der Waals surface area (Å²) in [6, 6.07) is 13.9. The molecule has 3 aromatic rings. The lowest BCUT2D eigenvalue weighted by molar-refractivity contribution is -0.145. The van der Waals surface area contributed by atoms with E-state index in [-0.39, 0.29) is 31.3 Å². The summed E-state index contributed by atoms with van der Waals surface area (Å²) < 4.78 is 28.9. The summed E-state index contributed by atoms with van der Waals surface area (Å²) >= 11 is 0. The van der Waals surface area contributed by atoms with Crippen LogP contribution in [0.25, 0.3) is 11.3 Å². The number of nitrogens with zero attached hydrogens (tertiary/aromatic N) is 1. The van der Waals surface area contributed by atoms with Crippen LogP contribution < -0.4 is 5.32 Å². The van der Waals surface area contributed by atoms with Gasteiger partial charge in [0.25, 0.3) is 0 Å². The normalized spacial score (nSPS) is 11.5. The first kappa shape index (κ1) is 21.0. The molecule has 8 heteroatoms. The number of hydrogen-bond acceptors (Lipinski definition) is 6. The zero-order valence-electron chi connectivity index (χ0n) is 16.3. The number of carbonyl (C=O) groups excluding carboxylic acids is 2. The lowest BCUT2D eigenvalue weighted by Gasteiger charge is -2.16. The molecule has 2 aromatic carbocycles. The van der Waals surface area contributed by atoms with Gasteiger partial charge in [0.15, 0.2) is 11.7 Å². The van der Waals surface area contributed by atoms with Gasteiger partial charge >= 0.3 is 12.1 Å². The van der Waals surface area contributed by atoms with E-state index in [1.54, 1.807) is 19.1 Å². The number of rotatable bonds is 8. The molecule has 7 nitrogen and oxygen atoms in total. The molecule has 156 valence electrons. The molecular formula is C22H21FN2O5. The molecule has 1 amide bonds. The van der Waals surface area contributed by atoms with Crippen molar-refractivity contribution in [2.24, 2.45) is 0 Å². The minimum Gasteiger partial charge on any atom is -0.464 e. The highest BCUT2D eigenvalue weighted by Crippen LogP contribution is 2.21. The number of benzene rings is 2. The maximum atomic E-state index is 13.1. The Morgan fingerprint density at radius 2 is 1.83 bits per heavy atom. The van der Waals surface area contributed by atoms with Crippen molar-refractivity contribution in [3.8, 4) is 11.3 Å². The second-order valence-corrected chi connectivity index (χ2v) is 6.34. The topological polar surface area (TPSA) is 90.7 Å². The lowest BCUT2D eigenvalue weighted by Crippen LogP contribution is -2.43. The average Bonchev–Trinajstić information content (AvgIpc) is 3.22. The number of carbonyl (C=O) groups is 2. The maximum absolute atomic E-state index is 13.1. The Labute approximate surface area is 172 Å². The summed E-state index contributed by atoms with van der Waals surface area (Å²) in [6.07, 6.45) is 0.682. The molecular weight excluding hydrogens is 391 g/mol. The van der Waals surface area contributed by atoms with E-state index < -0.39 is 18.1 Å². The monoisotopic (exact) mass is 412 g/mol. The Bertz CT molecular complexity index is 973. The van der Waals surface area contributed by atoms with E-state index in [9.17, 15) is 14.0 Å². The number of aromatic nitrogens is 1. The first-order valence-corrected chi connectivity index (χ1v) is 9.39. The average molecular weight is 412 g/mol. The Kier molecular flexibility index (Phi) is 7.15. The molecule has 0 aliphatic rings. The number of nitrogens with one attached hydrogen (secondary N) is 1. The molecule has 0 fully saturated rings. The van der Waals surface area contributed by atoms with Crippen molar-refractivity contribution in [1.29, 1.82) is 0 Å². The number of amides is 1. The number of esters is 1. The van der Waals surface area contributed by atoms with Gasteiger partial charge in [-0.05, 0) is 36.8 Å². The lowest BCUT2D eigenvalue weighted by atomic mass is 10.2. The van der Waals surface area contributed by atoms with Crippen LogP contribution in [0.2, 0.25) is 0 Å². The molecule has 0 saturated carbocycles. The predicted octanol–water partition coefficient (Wildman–Crippen LogP) is 3.88. The quantitative estimate of drug-likeness (QED) is 0.565. The predicted molar refractivity (Wildman–Crippen MR) is 106 cm³/mol. The van der Waals surface area contributed by atoms with Gasteiger partial charge in [0, 0.05) is 5.56 Å². The largest absolute Gasteiger partial charge is 0.464 e. The third-order valence-electron chi connectivity index (χ3n) is 4.14. The molecule has 3 rings (SSSR count).